The van der Waals surface area contributed by atoms with Crippen LogP contribution < -0.4 is 15.8 Å². The molecule has 0 radical (unpaired) electrons. The Morgan fingerprint density at radius 2 is 2.05 bits per heavy atom. The number of ether oxygens (including phenoxy) is 1. The number of hydrogen-bond donors (Lipinski definition) is 3. The van der Waals surface area contributed by atoms with Crippen molar-refractivity contribution < 1.29 is 9.84 Å². The number of methoxy groups -OCH3 is 1. The van der Waals surface area contributed by atoms with Crippen molar-refractivity contribution in [2.24, 2.45) is 5.73 Å². The minimum Gasteiger partial charge on any atom is -0.496 e. The van der Waals surface area contributed by atoms with Crippen LogP contribution in [0.3, 0.4) is 0 Å². The van der Waals surface area contributed by atoms with Gasteiger partial charge in [-0.3, -0.25) is 0 Å². The van der Waals surface area contributed by atoms with E-state index < -0.39 is 0 Å². The van der Waals surface area contributed by atoms with Gasteiger partial charge in [0, 0.05) is 18.7 Å². The van der Waals surface area contributed by atoms with E-state index in [1.54, 1.807) is 7.11 Å². The van der Waals surface area contributed by atoms with Crippen LogP contribution in [0.1, 0.15) is 25.3 Å². The first-order valence-corrected chi connectivity index (χ1v) is 6.83. The van der Waals surface area contributed by atoms with Crippen molar-refractivity contribution >= 4 is 0 Å². The van der Waals surface area contributed by atoms with Crippen LogP contribution in [-0.4, -0.2) is 37.5 Å². The average molecular weight is 266 g/mol. The molecule has 0 aliphatic heterocycles. The molecule has 108 valence electrons. The van der Waals surface area contributed by atoms with Gasteiger partial charge in [-0.15, -0.1) is 0 Å². The Balaban J connectivity index is 2.63. The summed E-state index contributed by atoms with van der Waals surface area (Å²) in [5, 5.41) is 12.3. The number of para-hydroxylation sites is 1. The smallest absolute Gasteiger partial charge is 0.122 e. The van der Waals surface area contributed by atoms with Gasteiger partial charge in [0.25, 0.3) is 0 Å². The lowest BCUT2D eigenvalue weighted by molar-refractivity contribution is 0.277. The van der Waals surface area contributed by atoms with Gasteiger partial charge in [0.2, 0.25) is 0 Å². The van der Waals surface area contributed by atoms with Crippen LogP contribution in [0.2, 0.25) is 0 Å². The van der Waals surface area contributed by atoms with Gasteiger partial charge in [-0.05, 0) is 44.4 Å². The van der Waals surface area contributed by atoms with Gasteiger partial charge in [0.15, 0.2) is 0 Å². The van der Waals surface area contributed by atoms with E-state index in [-0.39, 0.29) is 12.1 Å². The summed E-state index contributed by atoms with van der Waals surface area (Å²) in [6.07, 6.45) is 2.60. The Kier molecular flexibility index (Phi) is 6.84. The van der Waals surface area contributed by atoms with E-state index in [1.807, 2.05) is 18.2 Å². The van der Waals surface area contributed by atoms with Crippen LogP contribution in [0.15, 0.2) is 24.3 Å². The van der Waals surface area contributed by atoms with Crippen LogP contribution >= 0.6 is 0 Å². The van der Waals surface area contributed by atoms with E-state index in [9.17, 15) is 0 Å². The monoisotopic (exact) mass is 266 g/mol. The second-order valence-electron chi connectivity index (χ2n) is 5.11. The molecule has 0 aromatic heterocycles. The zero-order valence-electron chi connectivity index (χ0n) is 12.0. The minimum atomic E-state index is -0.149. The molecule has 0 aliphatic rings. The topological polar surface area (TPSA) is 67.5 Å². The summed E-state index contributed by atoms with van der Waals surface area (Å²) in [5.74, 6) is 0.902. The van der Waals surface area contributed by atoms with Crippen LogP contribution in [0.4, 0.5) is 0 Å². The van der Waals surface area contributed by atoms with Gasteiger partial charge in [-0.1, -0.05) is 18.2 Å². The molecular weight excluding hydrogens is 240 g/mol. The summed E-state index contributed by atoms with van der Waals surface area (Å²) in [5.41, 5.74) is 6.92. The predicted molar refractivity (Wildman–Crippen MR) is 78.5 cm³/mol. The predicted octanol–water partition coefficient (Wildman–Crippen LogP) is 1.32. The Hall–Kier alpha value is -1.10. The number of aliphatic hydroxyl groups excluding tert-OH is 1. The molecule has 1 aromatic rings. The van der Waals surface area contributed by atoms with E-state index in [0.717, 1.165) is 37.1 Å². The summed E-state index contributed by atoms with van der Waals surface area (Å²) < 4.78 is 5.38. The Bertz CT molecular complexity index is 371. The molecule has 4 N–H and O–H groups in total. The van der Waals surface area contributed by atoms with Crippen LogP contribution in [-0.2, 0) is 6.42 Å². The molecule has 4 nitrogen and oxygen atoms in total. The average Bonchev–Trinajstić information content (AvgIpc) is 2.44. The molecule has 1 unspecified atom stereocenters. The molecule has 1 aromatic carbocycles. The molecular formula is C15H26N2O2. The lowest BCUT2D eigenvalue weighted by atomic mass is 9.92. The van der Waals surface area contributed by atoms with Crippen molar-refractivity contribution in [2.45, 2.75) is 31.7 Å². The summed E-state index contributed by atoms with van der Waals surface area (Å²) >= 11 is 0. The molecule has 0 spiro atoms. The number of hydrogen-bond acceptors (Lipinski definition) is 4. The number of nitrogens with one attached hydrogen (secondary N) is 1. The molecule has 1 atom stereocenters. The molecule has 0 fully saturated rings. The van der Waals surface area contributed by atoms with Crippen LogP contribution in [0, 0.1) is 0 Å². The maximum Gasteiger partial charge on any atom is 0.122 e. The number of nitrogens with two attached hydrogens (primary N) is 1. The highest BCUT2D eigenvalue weighted by molar-refractivity contribution is 5.34. The molecule has 0 bridgehead atoms. The summed E-state index contributed by atoms with van der Waals surface area (Å²) in [6.45, 7) is 3.79. The third-order valence-electron chi connectivity index (χ3n) is 3.36. The van der Waals surface area contributed by atoms with Crippen molar-refractivity contribution in [3.8, 4) is 5.75 Å². The largest absolute Gasteiger partial charge is 0.496 e. The Labute approximate surface area is 116 Å². The third-order valence-corrected chi connectivity index (χ3v) is 3.36. The van der Waals surface area contributed by atoms with E-state index in [0.29, 0.717) is 6.54 Å². The van der Waals surface area contributed by atoms with Crippen molar-refractivity contribution in [3.05, 3.63) is 29.8 Å². The van der Waals surface area contributed by atoms with E-state index in [2.05, 4.69) is 18.3 Å². The highest BCUT2D eigenvalue weighted by Gasteiger charge is 2.23. The lowest BCUT2D eigenvalue weighted by Gasteiger charge is -2.30. The SMILES string of the molecule is COc1ccccc1CC(C)(CN)NCCCCO. The fraction of sp³-hybridized carbons (Fsp3) is 0.600. The van der Waals surface area contributed by atoms with Crippen LogP contribution in [0.25, 0.3) is 0 Å². The van der Waals surface area contributed by atoms with Gasteiger partial charge < -0.3 is 20.9 Å². The number of aliphatic hydroxyl groups is 1. The van der Waals surface area contributed by atoms with Gasteiger partial charge in [-0.2, -0.15) is 0 Å². The van der Waals surface area contributed by atoms with Crippen molar-refractivity contribution in [2.75, 3.05) is 26.8 Å². The van der Waals surface area contributed by atoms with Gasteiger partial charge in [-0.25, -0.2) is 0 Å². The van der Waals surface area contributed by atoms with E-state index in [1.165, 1.54) is 0 Å². The third kappa shape index (κ3) is 5.19. The first-order valence-electron chi connectivity index (χ1n) is 6.83. The van der Waals surface area contributed by atoms with Crippen molar-refractivity contribution in [1.29, 1.82) is 0 Å². The summed E-state index contributed by atoms with van der Waals surface area (Å²) in [4.78, 5) is 0. The molecule has 19 heavy (non-hydrogen) atoms. The fourth-order valence-corrected chi connectivity index (χ4v) is 2.10. The summed E-state index contributed by atoms with van der Waals surface area (Å²) in [7, 11) is 1.69. The number of benzene rings is 1. The quantitative estimate of drug-likeness (QED) is 0.590. The maximum atomic E-state index is 8.79. The molecule has 0 saturated heterocycles. The highest BCUT2D eigenvalue weighted by Crippen LogP contribution is 2.22. The van der Waals surface area contributed by atoms with Crippen LogP contribution in [0.5, 0.6) is 5.75 Å². The second-order valence-corrected chi connectivity index (χ2v) is 5.11. The Morgan fingerprint density at radius 1 is 1.32 bits per heavy atom. The molecule has 1 rings (SSSR count). The van der Waals surface area contributed by atoms with Crippen molar-refractivity contribution in [3.63, 3.8) is 0 Å². The maximum absolute atomic E-state index is 8.79. The standard InChI is InChI=1S/C15H26N2O2/c1-15(12-16,17-9-5-6-10-18)11-13-7-3-4-8-14(13)19-2/h3-4,7-8,17-18H,5-6,9-12,16H2,1-2H3. The van der Waals surface area contributed by atoms with Gasteiger partial charge >= 0.3 is 0 Å². The first-order chi connectivity index (χ1) is 9.15. The number of unbranched alkanes of at least 4 members (excludes halogenated alkanes) is 1. The first kappa shape index (κ1) is 16.0. The lowest BCUT2D eigenvalue weighted by Crippen LogP contribution is -2.50. The number of rotatable bonds is 9. The van der Waals surface area contributed by atoms with E-state index in [4.69, 9.17) is 15.6 Å². The molecule has 0 amide bonds. The Morgan fingerprint density at radius 3 is 2.68 bits per heavy atom. The summed E-state index contributed by atoms with van der Waals surface area (Å²) in [6, 6.07) is 8.03. The zero-order valence-corrected chi connectivity index (χ0v) is 12.0. The zero-order chi connectivity index (χ0) is 14.1. The fourth-order valence-electron chi connectivity index (χ4n) is 2.10. The molecule has 4 heteroatoms. The van der Waals surface area contributed by atoms with Gasteiger partial charge in [0.1, 0.15) is 5.75 Å². The normalized spacial score (nSPS) is 14.1. The molecule has 0 heterocycles. The van der Waals surface area contributed by atoms with Gasteiger partial charge in [0.05, 0.1) is 7.11 Å². The minimum absolute atomic E-state index is 0.149. The van der Waals surface area contributed by atoms with Crippen molar-refractivity contribution in [1.82, 2.24) is 5.32 Å². The second kappa shape index (κ2) is 8.15. The molecule has 0 saturated carbocycles. The molecule has 0 aliphatic carbocycles. The van der Waals surface area contributed by atoms with E-state index >= 15 is 0 Å². The highest BCUT2D eigenvalue weighted by atomic mass is 16.5.